The van der Waals surface area contributed by atoms with Gasteiger partial charge in [-0.2, -0.15) is 0 Å². The third-order valence-electron chi connectivity index (χ3n) is 1.000. The molecular weight excluding hydrogens is 210 g/mol. The molecule has 68 valence electrons. The molecule has 0 aromatic rings. The second-order valence-electron chi connectivity index (χ2n) is 2.21. The van der Waals surface area contributed by atoms with E-state index in [1.807, 2.05) is 0 Å². The smallest absolute Gasteiger partial charge is 0.339 e. The Kier molecular flexibility index (Phi) is 32.0. The minimum absolute atomic E-state index is 0. The normalized spacial score (nSPS) is 6.31. The van der Waals surface area contributed by atoms with Crippen LogP contribution in [0, 0.1) is 12.2 Å². The van der Waals surface area contributed by atoms with Crippen LogP contribution in [0.1, 0.15) is 39.5 Å². The van der Waals surface area contributed by atoms with E-state index in [4.69, 9.17) is 0 Å². The van der Waals surface area contributed by atoms with Crippen LogP contribution >= 0.6 is 0 Å². The Balaban J connectivity index is -0.000000143. The predicted molar refractivity (Wildman–Crippen MR) is 54.6 cm³/mol. The summed E-state index contributed by atoms with van der Waals surface area (Å²) in [5, 5.41) is 0. The maximum absolute atomic E-state index is 3.36. The van der Waals surface area contributed by atoms with E-state index in [9.17, 15) is 0 Å². The van der Waals surface area contributed by atoms with Crippen molar-refractivity contribution in [2.75, 3.05) is 0 Å². The standard InChI is InChI=1S/2C6H9.Zn/c2*1-3-5-6-4-2;/h2*1,4,6H2,2H3;/q2*-1;+2. The monoisotopic (exact) mass is 226 g/mol. The maximum atomic E-state index is 3.36. The largest absolute Gasteiger partial charge is 2.00 e. The summed E-state index contributed by atoms with van der Waals surface area (Å²) in [6.07, 6.45) is 9.94. The van der Waals surface area contributed by atoms with E-state index in [-0.39, 0.29) is 19.5 Å². The number of unbranched alkanes of at least 4 members (excludes halogenated alkanes) is 2. The molecule has 0 saturated heterocycles. The maximum Gasteiger partial charge on any atom is 2.00 e. The second-order valence-corrected chi connectivity index (χ2v) is 2.21. The van der Waals surface area contributed by atoms with Crippen LogP contribution in [-0.4, -0.2) is 0 Å². The Morgan fingerprint density at radius 3 is 1.31 bits per heavy atom. The van der Waals surface area contributed by atoms with Crippen molar-refractivity contribution >= 4 is 0 Å². The minimum Gasteiger partial charge on any atom is -0.339 e. The number of rotatable bonds is 4. The Bertz CT molecular complexity index is 138. The van der Waals surface area contributed by atoms with Gasteiger partial charge < -0.3 is 11.5 Å². The predicted octanol–water partition coefficient (Wildman–Crippen LogP) is 3.86. The molecule has 0 spiro atoms. The third-order valence-corrected chi connectivity index (χ3v) is 1.000. The molecule has 0 saturated carbocycles. The van der Waals surface area contributed by atoms with Crippen molar-refractivity contribution in [3.8, 4) is 0 Å². The van der Waals surface area contributed by atoms with Gasteiger partial charge in [-0.3, -0.25) is 0 Å². The molecule has 0 aliphatic rings. The average Bonchev–Trinajstić information content (AvgIpc) is 2.12. The number of hydrogen-bond acceptors (Lipinski definition) is 0. The Morgan fingerprint density at radius 1 is 0.923 bits per heavy atom. The van der Waals surface area contributed by atoms with Crippen LogP contribution in [0.5, 0.6) is 0 Å². The van der Waals surface area contributed by atoms with Crippen LogP contribution in [0.4, 0.5) is 0 Å². The fourth-order valence-corrected chi connectivity index (χ4v) is 0.427. The molecule has 0 aliphatic heterocycles. The van der Waals surface area contributed by atoms with Crippen molar-refractivity contribution in [3.63, 3.8) is 0 Å². The molecule has 0 rings (SSSR count). The van der Waals surface area contributed by atoms with Crippen molar-refractivity contribution in [3.05, 3.63) is 36.8 Å². The van der Waals surface area contributed by atoms with Gasteiger partial charge in [0.15, 0.2) is 0 Å². The first-order valence-corrected chi connectivity index (χ1v) is 4.33. The van der Waals surface area contributed by atoms with Gasteiger partial charge in [-0.05, 0) is 0 Å². The van der Waals surface area contributed by atoms with Crippen molar-refractivity contribution in [1.82, 2.24) is 0 Å². The molecule has 0 atom stereocenters. The zero-order chi connectivity index (χ0) is 9.66. The summed E-state index contributed by atoms with van der Waals surface area (Å²) >= 11 is 0. The van der Waals surface area contributed by atoms with E-state index in [0.717, 1.165) is 25.7 Å². The van der Waals surface area contributed by atoms with E-state index in [0.29, 0.717) is 0 Å². The number of hydrogen-bond donors (Lipinski definition) is 0. The zero-order valence-electron chi connectivity index (χ0n) is 8.95. The average molecular weight is 228 g/mol. The first-order valence-electron chi connectivity index (χ1n) is 4.33. The molecule has 0 aromatic carbocycles. The van der Waals surface area contributed by atoms with Crippen molar-refractivity contribution < 1.29 is 19.5 Å². The Hall–Kier alpha value is -0.337. The van der Waals surface area contributed by atoms with Gasteiger partial charge in [0.25, 0.3) is 0 Å². The molecule has 1 heteroatoms. The van der Waals surface area contributed by atoms with E-state index in [2.05, 4.69) is 50.6 Å². The molecule has 13 heavy (non-hydrogen) atoms. The van der Waals surface area contributed by atoms with E-state index < -0.39 is 0 Å². The molecule has 0 fully saturated rings. The van der Waals surface area contributed by atoms with Crippen LogP contribution in [0.25, 0.3) is 0 Å². The van der Waals surface area contributed by atoms with E-state index in [1.165, 1.54) is 0 Å². The quantitative estimate of drug-likeness (QED) is 0.389. The molecule has 0 heterocycles. The first kappa shape index (κ1) is 18.4. The van der Waals surface area contributed by atoms with Crippen molar-refractivity contribution in [2.24, 2.45) is 0 Å². The van der Waals surface area contributed by atoms with Gasteiger partial charge in [0.2, 0.25) is 0 Å². The topological polar surface area (TPSA) is 0 Å². The van der Waals surface area contributed by atoms with Crippen LogP contribution in [0.15, 0.2) is 24.6 Å². The molecule has 0 bridgehead atoms. The fourth-order valence-electron chi connectivity index (χ4n) is 0.427. The summed E-state index contributed by atoms with van der Waals surface area (Å²) in [6.45, 7) is 10.9. The molecule has 0 amide bonds. The van der Waals surface area contributed by atoms with Crippen LogP contribution in [0.3, 0.4) is 0 Å². The van der Waals surface area contributed by atoms with E-state index in [1.54, 1.807) is 0 Å². The van der Waals surface area contributed by atoms with E-state index >= 15 is 0 Å². The van der Waals surface area contributed by atoms with Crippen LogP contribution in [-0.2, 0) is 19.5 Å². The van der Waals surface area contributed by atoms with Gasteiger partial charge in [-0.1, -0.05) is 26.7 Å². The van der Waals surface area contributed by atoms with Gasteiger partial charge in [-0.15, -0.1) is 12.8 Å². The van der Waals surface area contributed by atoms with Crippen LogP contribution in [0.2, 0.25) is 0 Å². The summed E-state index contributed by atoms with van der Waals surface area (Å²) < 4.78 is 0. The molecular formula is C12H18Zn. The fraction of sp³-hybridized carbons (Fsp3) is 0.500. The molecule has 0 aliphatic carbocycles. The summed E-state index contributed by atoms with van der Waals surface area (Å²) in [5.41, 5.74) is 5.14. The Labute approximate surface area is 95.9 Å². The Morgan fingerprint density at radius 2 is 1.23 bits per heavy atom. The zero-order valence-corrected chi connectivity index (χ0v) is 11.9. The summed E-state index contributed by atoms with van der Waals surface area (Å²) in [5.74, 6) is 0. The van der Waals surface area contributed by atoms with Gasteiger partial charge >= 0.3 is 19.5 Å². The van der Waals surface area contributed by atoms with Gasteiger partial charge in [0.1, 0.15) is 0 Å². The molecule has 0 nitrogen and oxygen atoms in total. The van der Waals surface area contributed by atoms with Gasteiger partial charge in [-0.25, -0.2) is 25.3 Å². The van der Waals surface area contributed by atoms with Gasteiger partial charge in [0.05, 0.1) is 0 Å². The first-order chi connectivity index (χ1) is 5.83. The molecule has 0 unspecified atom stereocenters. The minimum atomic E-state index is 0. The van der Waals surface area contributed by atoms with Gasteiger partial charge in [0, 0.05) is 0 Å². The molecule has 0 radical (unpaired) electrons. The number of allylic oxidation sites excluding steroid dienone is 2. The summed E-state index contributed by atoms with van der Waals surface area (Å²) in [4.78, 5) is 0. The molecule has 0 aromatic heterocycles. The second kappa shape index (κ2) is 22.6. The van der Waals surface area contributed by atoms with Crippen molar-refractivity contribution in [1.29, 1.82) is 0 Å². The van der Waals surface area contributed by atoms with Crippen molar-refractivity contribution in [2.45, 2.75) is 39.5 Å². The SMILES string of the molecule is C=C=[C-]CCC.C=C=[C-]CCC.[Zn+2]. The summed E-state index contributed by atoms with van der Waals surface area (Å²) in [7, 11) is 0. The van der Waals surface area contributed by atoms with Crippen LogP contribution < -0.4 is 0 Å². The molecule has 0 N–H and O–H groups in total. The third kappa shape index (κ3) is 34.0. The summed E-state index contributed by atoms with van der Waals surface area (Å²) in [6, 6.07) is 0.